The van der Waals surface area contributed by atoms with Crippen LogP contribution in [0, 0.1) is 0 Å². The van der Waals surface area contributed by atoms with Crippen molar-refractivity contribution in [3.8, 4) is 0 Å². The van der Waals surface area contributed by atoms with Crippen molar-refractivity contribution in [2.45, 2.75) is 44.2 Å². The number of furan rings is 1. The highest BCUT2D eigenvalue weighted by atomic mass is 16.3. The Labute approximate surface area is 101 Å². The summed E-state index contributed by atoms with van der Waals surface area (Å²) in [6.07, 6.45) is 7.26. The van der Waals surface area contributed by atoms with Gasteiger partial charge in [0.2, 0.25) is 5.91 Å². The van der Waals surface area contributed by atoms with Gasteiger partial charge in [0.05, 0.1) is 12.8 Å². The smallest absolute Gasteiger partial charge is 0.234 e. The van der Waals surface area contributed by atoms with Crippen LogP contribution in [0.15, 0.2) is 16.7 Å². The lowest BCUT2D eigenvalue weighted by Gasteiger charge is -2.22. The number of carbonyl (C=O) groups excluding carboxylic acids is 1. The highest BCUT2D eigenvalue weighted by molar-refractivity contribution is 5.78. The maximum absolute atomic E-state index is 11.6. The maximum atomic E-state index is 11.6. The molecule has 1 atom stereocenters. The van der Waals surface area contributed by atoms with Crippen LogP contribution in [0.1, 0.15) is 43.0 Å². The number of rotatable bonds is 4. The van der Waals surface area contributed by atoms with Gasteiger partial charge in [-0.15, -0.1) is 0 Å². The van der Waals surface area contributed by atoms with Crippen molar-refractivity contribution in [3.63, 3.8) is 0 Å². The molecule has 17 heavy (non-hydrogen) atoms. The van der Waals surface area contributed by atoms with E-state index in [4.69, 9.17) is 4.42 Å². The summed E-state index contributed by atoms with van der Waals surface area (Å²) in [6.45, 7) is 0.409. The van der Waals surface area contributed by atoms with Gasteiger partial charge in [-0.05, 0) is 31.7 Å². The topological polar surface area (TPSA) is 54.3 Å². The van der Waals surface area contributed by atoms with Crippen molar-refractivity contribution < 1.29 is 9.21 Å². The monoisotopic (exact) mass is 234 g/mol. The fraction of sp³-hybridized carbons (Fsp3) is 0.615. The summed E-state index contributed by atoms with van der Waals surface area (Å²) in [5, 5.41) is 6.31. The van der Waals surface area contributed by atoms with E-state index in [0.29, 0.717) is 12.6 Å². The van der Waals surface area contributed by atoms with Crippen molar-refractivity contribution in [2.24, 2.45) is 0 Å². The lowest BCUT2D eigenvalue weighted by molar-refractivity contribution is -0.120. The molecule has 0 radical (unpaired) electrons. The molecule has 4 heteroatoms. The Morgan fingerprint density at radius 1 is 1.41 bits per heavy atom. The van der Waals surface area contributed by atoms with Gasteiger partial charge in [-0.25, -0.2) is 0 Å². The molecule has 2 aliphatic rings. The van der Waals surface area contributed by atoms with Crippen molar-refractivity contribution in [1.29, 1.82) is 0 Å². The summed E-state index contributed by atoms with van der Waals surface area (Å²) < 4.78 is 5.43. The number of nitrogens with one attached hydrogen (secondary N) is 2. The minimum atomic E-state index is 0.114. The predicted octanol–water partition coefficient (Wildman–Crippen LogP) is 1.53. The molecule has 1 unspecified atom stereocenters. The van der Waals surface area contributed by atoms with Crippen molar-refractivity contribution >= 4 is 5.91 Å². The highest BCUT2D eigenvalue weighted by Gasteiger charge is 2.25. The first-order valence-corrected chi connectivity index (χ1v) is 6.42. The minimum absolute atomic E-state index is 0.114. The molecule has 2 N–H and O–H groups in total. The van der Waals surface area contributed by atoms with Gasteiger partial charge in [0.1, 0.15) is 5.76 Å². The molecule has 0 bridgehead atoms. The molecule has 2 aliphatic carbocycles. The van der Waals surface area contributed by atoms with E-state index < -0.39 is 0 Å². The fourth-order valence-electron chi connectivity index (χ4n) is 2.42. The molecule has 0 spiro atoms. The van der Waals surface area contributed by atoms with E-state index in [1.807, 2.05) is 6.07 Å². The molecule has 0 aromatic carbocycles. The Morgan fingerprint density at radius 3 is 3.12 bits per heavy atom. The summed E-state index contributed by atoms with van der Waals surface area (Å²) in [6, 6.07) is 2.74. The first kappa shape index (κ1) is 10.8. The largest absolute Gasteiger partial charge is 0.469 e. The van der Waals surface area contributed by atoms with Gasteiger partial charge in [0.25, 0.3) is 0 Å². The van der Waals surface area contributed by atoms with Gasteiger partial charge in [-0.2, -0.15) is 0 Å². The van der Waals surface area contributed by atoms with E-state index in [1.54, 1.807) is 6.26 Å². The van der Waals surface area contributed by atoms with E-state index in [0.717, 1.165) is 37.9 Å². The van der Waals surface area contributed by atoms with E-state index in [1.165, 1.54) is 5.56 Å². The van der Waals surface area contributed by atoms with Crippen LogP contribution in [0.4, 0.5) is 0 Å². The Bertz CT molecular complexity index is 409. The first-order valence-electron chi connectivity index (χ1n) is 6.42. The van der Waals surface area contributed by atoms with Crippen molar-refractivity contribution in [1.82, 2.24) is 10.6 Å². The summed E-state index contributed by atoms with van der Waals surface area (Å²) in [5.74, 6) is 1.19. The van der Waals surface area contributed by atoms with Crippen LogP contribution in [0.3, 0.4) is 0 Å². The molecule has 0 aliphatic heterocycles. The van der Waals surface area contributed by atoms with Crippen molar-refractivity contribution in [3.05, 3.63) is 23.7 Å². The number of hydrogen-bond acceptors (Lipinski definition) is 3. The molecular formula is C13H18N2O2. The molecule has 0 saturated heterocycles. The quantitative estimate of drug-likeness (QED) is 0.830. The number of aryl methyl sites for hydroxylation is 1. The maximum Gasteiger partial charge on any atom is 0.234 e. The Hall–Kier alpha value is -1.29. The molecular weight excluding hydrogens is 216 g/mol. The number of carbonyl (C=O) groups is 1. The molecule has 3 rings (SSSR count). The second kappa shape index (κ2) is 4.53. The molecule has 1 aromatic heterocycles. The van der Waals surface area contributed by atoms with Gasteiger partial charge < -0.3 is 15.1 Å². The van der Waals surface area contributed by atoms with E-state index >= 15 is 0 Å². The van der Waals surface area contributed by atoms with Crippen LogP contribution in [0.5, 0.6) is 0 Å². The van der Waals surface area contributed by atoms with Crippen LogP contribution in [-0.4, -0.2) is 18.5 Å². The van der Waals surface area contributed by atoms with Crippen LogP contribution >= 0.6 is 0 Å². The summed E-state index contributed by atoms with van der Waals surface area (Å²) in [4.78, 5) is 11.6. The Morgan fingerprint density at radius 2 is 2.29 bits per heavy atom. The minimum Gasteiger partial charge on any atom is -0.469 e. The summed E-state index contributed by atoms with van der Waals surface area (Å²) in [5.41, 5.74) is 1.23. The molecule has 1 aromatic rings. The normalized spacial score (nSPS) is 23.2. The Balaban J connectivity index is 1.54. The van der Waals surface area contributed by atoms with Gasteiger partial charge in [-0.1, -0.05) is 0 Å². The zero-order valence-electron chi connectivity index (χ0n) is 9.87. The first-order chi connectivity index (χ1) is 8.33. The second-order valence-corrected chi connectivity index (χ2v) is 4.97. The van der Waals surface area contributed by atoms with Crippen LogP contribution in [0.2, 0.25) is 0 Å². The third-order valence-electron chi connectivity index (χ3n) is 3.50. The third-order valence-corrected chi connectivity index (χ3v) is 3.50. The molecule has 1 amide bonds. The lowest BCUT2D eigenvalue weighted by Crippen LogP contribution is -2.37. The van der Waals surface area contributed by atoms with Gasteiger partial charge in [0.15, 0.2) is 0 Å². The van der Waals surface area contributed by atoms with Gasteiger partial charge in [-0.3, -0.25) is 4.79 Å². The number of amides is 1. The van der Waals surface area contributed by atoms with E-state index in [9.17, 15) is 4.79 Å². The van der Waals surface area contributed by atoms with Crippen molar-refractivity contribution in [2.75, 3.05) is 6.54 Å². The molecule has 1 fully saturated rings. The summed E-state index contributed by atoms with van der Waals surface area (Å²) >= 11 is 0. The Kier molecular flexibility index (Phi) is 2.89. The average molecular weight is 234 g/mol. The molecule has 1 heterocycles. The number of hydrogen-bond donors (Lipinski definition) is 2. The van der Waals surface area contributed by atoms with Gasteiger partial charge >= 0.3 is 0 Å². The number of fused-ring (bicyclic) bond motifs is 1. The second-order valence-electron chi connectivity index (χ2n) is 4.97. The van der Waals surface area contributed by atoms with Crippen LogP contribution < -0.4 is 10.6 Å². The lowest BCUT2D eigenvalue weighted by atomic mass is 9.93. The van der Waals surface area contributed by atoms with E-state index in [2.05, 4.69) is 10.6 Å². The zero-order chi connectivity index (χ0) is 11.7. The molecule has 92 valence electrons. The van der Waals surface area contributed by atoms with Gasteiger partial charge in [0, 0.05) is 24.1 Å². The van der Waals surface area contributed by atoms with Crippen LogP contribution in [-0.2, 0) is 11.2 Å². The molecule has 1 saturated carbocycles. The highest BCUT2D eigenvalue weighted by Crippen LogP contribution is 2.30. The SMILES string of the molecule is O=C(CNC1CCCc2occc21)NC1CC1. The third kappa shape index (κ3) is 2.52. The fourth-order valence-corrected chi connectivity index (χ4v) is 2.42. The zero-order valence-corrected chi connectivity index (χ0v) is 9.87. The molecule has 4 nitrogen and oxygen atoms in total. The standard InChI is InChI=1S/C13H18N2O2/c16-13(15-9-4-5-9)8-14-11-2-1-3-12-10(11)6-7-17-12/h6-7,9,11,14H,1-5,8H2,(H,15,16). The van der Waals surface area contributed by atoms with Crippen LogP contribution in [0.25, 0.3) is 0 Å². The average Bonchev–Trinajstić information content (AvgIpc) is 3.00. The predicted molar refractivity (Wildman–Crippen MR) is 63.6 cm³/mol. The summed E-state index contributed by atoms with van der Waals surface area (Å²) in [7, 11) is 0. The van der Waals surface area contributed by atoms with E-state index in [-0.39, 0.29) is 11.9 Å².